The van der Waals surface area contributed by atoms with E-state index < -0.39 is 62.0 Å². The summed E-state index contributed by atoms with van der Waals surface area (Å²) >= 11 is -0.0398. The normalized spacial score (nSPS) is 15.7. The lowest BCUT2D eigenvalue weighted by molar-refractivity contribution is -0.121. The number of nitrogens with zero attached hydrogens (tertiary/aromatic N) is 2. The lowest BCUT2D eigenvalue weighted by Crippen LogP contribution is -2.49. The number of rotatable bonds is 11. The van der Waals surface area contributed by atoms with E-state index in [9.17, 15) is 40.0 Å². The van der Waals surface area contributed by atoms with Gasteiger partial charge in [0, 0.05) is 12.7 Å². The van der Waals surface area contributed by atoms with Crippen molar-refractivity contribution in [2.24, 2.45) is 5.92 Å². The van der Waals surface area contributed by atoms with Crippen LogP contribution in [0.25, 0.3) is 0 Å². The Morgan fingerprint density at radius 1 is 1.15 bits per heavy atom. The van der Waals surface area contributed by atoms with Crippen LogP contribution in [-0.4, -0.2) is 62.1 Å². The zero-order valence-corrected chi connectivity index (χ0v) is 22.0. The van der Waals surface area contributed by atoms with Gasteiger partial charge in [-0.2, -0.15) is 22.0 Å². The lowest BCUT2D eigenvalue weighted by atomic mass is 9.83. The van der Waals surface area contributed by atoms with Gasteiger partial charge in [0.2, 0.25) is 21.6 Å². The molecule has 216 valence electrons. The zero-order valence-electron chi connectivity index (χ0n) is 20.3. The van der Waals surface area contributed by atoms with E-state index in [2.05, 4.69) is 30.9 Å². The van der Waals surface area contributed by atoms with E-state index in [1.807, 2.05) is 0 Å². The monoisotopic (exact) mass is 600 g/mol. The van der Waals surface area contributed by atoms with Gasteiger partial charge in [0.05, 0.1) is 5.69 Å². The summed E-state index contributed by atoms with van der Waals surface area (Å²) in [6.07, 6.45) is -1.05. The number of sulfonamides is 1. The largest absolute Gasteiger partial charge is 0.402 e. The van der Waals surface area contributed by atoms with Crippen LogP contribution >= 0.6 is 11.8 Å². The average molecular weight is 601 g/mol. The summed E-state index contributed by atoms with van der Waals surface area (Å²) in [5.41, 5.74) is -0.512. The van der Waals surface area contributed by atoms with Crippen molar-refractivity contribution in [1.29, 1.82) is 0 Å². The first-order valence-electron chi connectivity index (χ1n) is 11.6. The van der Waals surface area contributed by atoms with Gasteiger partial charge in [0.15, 0.2) is 5.03 Å². The molecule has 39 heavy (non-hydrogen) atoms. The fraction of sp³-hybridized carbons (Fsp3) is 0.524. The second-order valence-corrected chi connectivity index (χ2v) is 11.2. The van der Waals surface area contributed by atoms with E-state index in [-0.39, 0.29) is 29.1 Å². The third kappa shape index (κ3) is 8.50. The number of nitrogens with one attached hydrogen (secondary N) is 4. The molecule has 3 rings (SSSR count). The molecule has 1 saturated carbocycles. The van der Waals surface area contributed by atoms with Gasteiger partial charge < -0.3 is 16.0 Å². The Bertz CT molecular complexity index is 1270. The van der Waals surface area contributed by atoms with E-state index in [0.717, 1.165) is 25.3 Å². The molecule has 1 fully saturated rings. The van der Waals surface area contributed by atoms with Crippen LogP contribution in [0.5, 0.6) is 0 Å². The third-order valence-electron chi connectivity index (χ3n) is 5.83. The standard InChI is InChI=1S/C21H25F5N6O5S2/c1-27-13-9-12(7-8-14(13)39(35,36)28-10-21(24,25)26)29-17(33)15(11-5-3-2-4-6-11)30-18(34)16-19(32-37-31-16)38-20(22)23/h7-9,11,15,20,27-28H,2-6,10H2,1H3,(H,29,33)(H,30,34)/t15-/m0/s1. The van der Waals surface area contributed by atoms with Crippen LogP contribution in [0.3, 0.4) is 0 Å². The number of benzene rings is 1. The second kappa shape index (κ2) is 12.9. The summed E-state index contributed by atoms with van der Waals surface area (Å²) in [5, 5.41) is 13.9. The number of thioether (sulfide) groups is 1. The molecule has 18 heteroatoms. The highest BCUT2D eigenvalue weighted by Gasteiger charge is 2.34. The highest BCUT2D eigenvalue weighted by molar-refractivity contribution is 7.99. The Morgan fingerprint density at radius 3 is 2.46 bits per heavy atom. The molecule has 11 nitrogen and oxygen atoms in total. The van der Waals surface area contributed by atoms with Gasteiger partial charge in [-0.25, -0.2) is 17.8 Å². The molecule has 1 aliphatic carbocycles. The highest BCUT2D eigenvalue weighted by atomic mass is 32.2. The Hall–Kier alpha value is -2.99. The van der Waals surface area contributed by atoms with Crippen molar-refractivity contribution in [2.75, 3.05) is 24.2 Å². The maximum absolute atomic E-state index is 13.3. The van der Waals surface area contributed by atoms with Crippen LogP contribution < -0.4 is 20.7 Å². The fourth-order valence-electron chi connectivity index (χ4n) is 4.07. The van der Waals surface area contributed by atoms with Crippen LogP contribution in [0.15, 0.2) is 32.7 Å². The van der Waals surface area contributed by atoms with Gasteiger partial charge in [-0.3, -0.25) is 9.59 Å². The molecule has 1 aliphatic rings. The van der Waals surface area contributed by atoms with E-state index in [0.29, 0.717) is 12.8 Å². The van der Waals surface area contributed by atoms with Crippen LogP contribution in [0.4, 0.5) is 33.3 Å². The van der Waals surface area contributed by atoms with E-state index >= 15 is 0 Å². The second-order valence-electron chi connectivity index (χ2n) is 8.54. The first-order chi connectivity index (χ1) is 18.3. The Morgan fingerprint density at radius 2 is 1.85 bits per heavy atom. The number of aromatic nitrogens is 2. The van der Waals surface area contributed by atoms with Crippen molar-refractivity contribution in [3.8, 4) is 0 Å². The van der Waals surface area contributed by atoms with Gasteiger partial charge >= 0.3 is 6.18 Å². The minimum Gasteiger partial charge on any atom is -0.387 e. The van der Waals surface area contributed by atoms with Crippen LogP contribution in [0.1, 0.15) is 42.6 Å². The molecule has 0 unspecified atom stereocenters. The smallest absolute Gasteiger partial charge is 0.387 e. The number of alkyl halides is 5. The van der Waals surface area contributed by atoms with Crippen molar-refractivity contribution in [1.82, 2.24) is 20.4 Å². The number of hydrogen-bond donors (Lipinski definition) is 4. The summed E-state index contributed by atoms with van der Waals surface area (Å²) in [7, 11) is -3.21. The highest BCUT2D eigenvalue weighted by Crippen LogP contribution is 2.30. The molecular weight excluding hydrogens is 575 g/mol. The molecule has 1 aromatic heterocycles. The molecule has 0 saturated heterocycles. The molecule has 0 radical (unpaired) electrons. The number of halogens is 5. The zero-order chi connectivity index (χ0) is 28.8. The van der Waals surface area contributed by atoms with Gasteiger partial charge in [0.25, 0.3) is 11.7 Å². The van der Waals surface area contributed by atoms with Gasteiger partial charge in [-0.1, -0.05) is 19.3 Å². The van der Waals surface area contributed by atoms with Gasteiger partial charge in [0.1, 0.15) is 17.5 Å². The number of carbonyl (C=O) groups excluding carboxylic acids is 2. The molecule has 2 amide bonds. The summed E-state index contributed by atoms with van der Waals surface area (Å²) in [6.45, 7) is -1.77. The van der Waals surface area contributed by atoms with Crippen molar-refractivity contribution < 1.29 is 44.6 Å². The number of anilines is 2. The quantitative estimate of drug-likeness (QED) is 0.224. The van der Waals surface area contributed by atoms with E-state index in [4.69, 9.17) is 0 Å². The minimum absolute atomic E-state index is 0.0398. The minimum atomic E-state index is -4.76. The summed E-state index contributed by atoms with van der Waals surface area (Å²) in [5.74, 6) is -4.82. The third-order valence-corrected chi connectivity index (χ3v) is 7.96. The average Bonchev–Trinajstić information content (AvgIpc) is 3.33. The molecule has 0 bridgehead atoms. The van der Waals surface area contributed by atoms with E-state index in [1.165, 1.54) is 23.9 Å². The Balaban J connectivity index is 1.81. The topological polar surface area (TPSA) is 155 Å². The number of carbonyl (C=O) groups is 2. The first-order valence-corrected chi connectivity index (χ1v) is 13.9. The van der Waals surface area contributed by atoms with Crippen molar-refractivity contribution in [3.05, 3.63) is 23.9 Å². The maximum atomic E-state index is 13.3. The van der Waals surface area contributed by atoms with E-state index in [1.54, 1.807) is 0 Å². The van der Waals surface area contributed by atoms with Crippen LogP contribution in [0, 0.1) is 5.92 Å². The predicted molar refractivity (Wildman–Crippen MR) is 130 cm³/mol. The molecule has 1 atom stereocenters. The molecule has 1 heterocycles. The maximum Gasteiger partial charge on any atom is 0.402 e. The van der Waals surface area contributed by atoms with Gasteiger partial charge in [-0.15, -0.1) is 0 Å². The summed E-state index contributed by atoms with van der Waals surface area (Å²) in [4.78, 5) is 25.6. The summed E-state index contributed by atoms with van der Waals surface area (Å²) < 4.78 is 93.7. The predicted octanol–water partition coefficient (Wildman–Crippen LogP) is 3.58. The van der Waals surface area contributed by atoms with Crippen molar-refractivity contribution >= 4 is 45.0 Å². The molecule has 0 aliphatic heterocycles. The van der Waals surface area contributed by atoms with Crippen molar-refractivity contribution in [3.63, 3.8) is 0 Å². The SMILES string of the molecule is CNc1cc(NC(=O)[C@@H](NC(=O)c2nonc2SC(F)F)C2CCCCC2)ccc1S(=O)(=O)NCC(F)(F)F. The molecule has 2 aromatic rings. The Kier molecular flexibility index (Phi) is 10.1. The fourth-order valence-corrected chi connectivity index (χ4v) is 5.76. The first kappa shape index (κ1) is 30.6. The summed E-state index contributed by atoms with van der Waals surface area (Å²) in [6, 6.07) is 2.29. The molecule has 1 aromatic carbocycles. The number of amides is 2. The lowest BCUT2D eigenvalue weighted by Gasteiger charge is -2.30. The van der Waals surface area contributed by atoms with Crippen molar-refractivity contribution in [2.45, 2.75) is 60.0 Å². The van der Waals surface area contributed by atoms with Crippen LogP contribution in [-0.2, 0) is 14.8 Å². The van der Waals surface area contributed by atoms with Crippen LogP contribution in [0.2, 0.25) is 0 Å². The number of hydrogen-bond acceptors (Lipinski definition) is 9. The molecule has 4 N–H and O–H groups in total. The Labute approximate surface area is 224 Å². The van der Waals surface area contributed by atoms with Gasteiger partial charge in [-0.05, 0) is 59.0 Å². The molecular formula is C21H25F5N6O5S2. The molecule has 0 spiro atoms.